The zero-order chi connectivity index (χ0) is 17.5. The molecule has 2 rings (SSSR count). The first kappa shape index (κ1) is 20.2. The van der Waals surface area contributed by atoms with Crippen molar-refractivity contribution in [3.05, 3.63) is 0 Å². The molecule has 0 amide bonds. The number of piperazine rings is 1. The Morgan fingerprint density at radius 1 is 0.958 bits per heavy atom. The minimum Gasteiger partial charge on any atom is -0.376 e. The zero-order valence-electron chi connectivity index (χ0n) is 17.0. The van der Waals surface area contributed by atoms with Gasteiger partial charge in [0.25, 0.3) is 0 Å². The Bertz CT molecular complexity index is 337. The minimum atomic E-state index is 0.393. The molecule has 1 saturated heterocycles. The SMILES string of the molecule is CC(C)OC1CCC(CCCCN2CCN(C(C)C)C[C@@H]2C)CC1. The van der Waals surface area contributed by atoms with E-state index in [4.69, 9.17) is 4.74 Å². The normalized spacial score (nSPS) is 30.4. The van der Waals surface area contributed by atoms with Crippen molar-refractivity contribution in [1.29, 1.82) is 0 Å². The van der Waals surface area contributed by atoms with Crippen LogP contribution in [0.5, 0.6) is 0 Å². The summed E-state index contributed by atoms with van der Waals surface area (Å²) in [6, 6.07) is 1.43. The third-order valence-electron chi connectivity index (χ3n) is 6.09. The van der Waals surface area contributed by atoms with Gasteiger partial charge in [0.05, 0.1) is 12.2 Å². The van der Waals surface area contributed by atoms with Crippen LogP contribution in [0.3, 0.4) is 0 Å². The van der Waals surface area contributed by atoms with Crippen molar-refractivity contribution < 1.29 is 4.74 Å². The van der Waals surface area contributed by atoms with Gasteiger partial charge in [0.15, 0.2) is 0 Å². The average molecular weight is 339 g/mol. The molecule has 0 aromatic rings. The predicted molar refractivity (Wildman–Crippen MR) is 104 cm³/mol. The molecule has 0 N–H and O–H groups in total. The molecule has 3 nitrogen and oxygen atoms in total. The van der Waals surface area contributed by atoms with Gasteiger partial charge < -0.3 is 4.74 Å². The lowest BCUT2D eigenvalue weighted by Crippen LogP contribution is -2.53. The number of hydrogen-bond acceptors (Lipinski definition) is 3. The Kier molecular flexibility index (Phi) is 8.53. The van der Waals surface area contributed by atoms with Gasteiger partial charge in [0.1, 0.15) is 0 Å². The predicted octanol–water partition coefficient (Wildman–Crippen LogP) is 4.56. The average Bonchev–Trinajstić information content (AvgIpc) is 2.53. The highest BCUT2D eigenvalue weighted by atomic mass is 16.5. The lowest BCUT2D eigenvalue weighted by Gasteiger charge is -2.41. The summed E-state index contributed by atoms with van der Waals surface area (Å²) in [5.41, 5.74) is 0. The van der Waals surface area contributed by atoms with E-state index in [0.717, 1.165) is 12.0 Å². The zero-order valence-corrected chi connectivity index (χ0v) is 17.0. The topological polar surface area (TPSA) is 15.7 Å². The summed E-state index contributed by atoms with van der Waals surface area (Å²) >= 11 is 0. The summed E-state index contributed by atoms with van der Waals surface area (Å²) in [4.78, 5) is 5.34. The molecular weight excluding hydrogens is 296 g/mol. The van der Waals surface area contributed by atoms with E-state index in [1.807, 2.05) is 0 Å². The fourth-order valence-corrected chi connectivity index (χ4v) is 4.51. The van der Waals surface area contributed by atoms with Crippen LogP contribution in [-0.4, -0.2) is 60.3 Å². The number of rotatable bonds is 8. The Morgan fingerprint density at radius 2 is 1.67 bits per heavy atom. The van der Waals surface area contributed by atoms with Gasteiger partial charge in [-0.3, -0.25) is 9.80 Å². The van der Waals surface area contributed by atoms with Crippen molar-refractivity contribution in [1.82, 2.24) is 9.80 Å². The van der Waals surface area contributed by atoms with Crippen molar-refractivity contribution in [2.24, 2.45) is 5.92 Å². The maximum Gasteiger partial charge on any atom is 0.0578 e. The van der Waals surface area contributed by atoms with Crippen LogP contribution < -0.4 is 0 Å². The summed E-state index contributed by atoms with van der Waals surface area (Å²) in [5.74, 6) is 0.965. The highest BCUT2D eigenvalue weighted by Crippen LogP contribution is 2.30. The number of hydrogen-bond donors (Lipinski definition) is 0. The monoisotopic (exact) mass is 338 g/mol. The highest BCUT2D eigenvalue weighted by Gasteiger charge is 2.25. The van der Waals surface area contributed by atoms with Gasteiger partial charge in [-0.05, 0) is 79.2 Å². The summed E-state index contributed by atoms with van der Waals surface area (Å²) in [6.07, 6.45) is 10.5. The first-order valence-electron chi connectivity index (χ1n) is 10.6. The van der Waals surface area contributed by atoms with Crippen molar-refractivity contribution in [2.45, 2.75) is 104 Å². The highest BCUT2D eigenvalue weighted by molar-refractivity contribution is 4.81. The summed E-state index contributed by atoms with van der Waals surface area (Å²) in [5, 5.41) is 0. The molecule has 0 spiro atoms. The Morgan fingerprint density at radius 3 is 2.25 bits per heavy atom. The molecule has 0 bridgehead atoms. The molecule has 0 radical (unpaired) electrons. The molecule has 3 heteroatoms. The Balaban J connectivity index is 1.54. The fraction of sp³-hybridized carbons (Fsp3) is 1.00. The summed E-state index contributed by atoms with van der Waals surface area (Å²) < 4.78 is 5.97. The van der Waals surface area contributed by atoms with Crippen molar-refractivity contribution in [3.8, 4) is 0 Å². The van der Waals surface area contributed by atoms with Crippen LogP contribution in [0, 0.1) is 5.92 Å². The van der Waals surface area contributed by atoms with Crippen LogP contribution in [0.25, 0.3) is 0 Å². The fourth-order valence-electron chi connectivity index (χ4n) is 4.51. The third-order valence-corrected chi connectivity index (χ3v) is 6.09. The van der Waals surface area contributed by atoms with E-state index in [9.17, 15) is 0 Å². The molecule has 0 aromatic heterocycles. The second-order valence-corrected chi connectivity index (χ2v) is 8.80. The standard InChI is InChI=1S/C21H42N2O/c1-17(2)23-15-14-22(19(5)16-23)13-7-6-8-20-9-11-21(12-10-20)24-18(3)4/h17-21H,6-16H2,1-5H3/t19-,20?,21?/m0/s1. The smallest absolute Gasteiger partial charge is 0.0578 e. The first-order chi connectivity index (χ1) is 11.5. The Hall–Kier alpha value is -0.120. The second-order valence-electron chi connectivity index (χ2n) is 8.80. The molecule has 142 valence electrons. The van der Waals surface area contributed by atoms with Crippen LogP contribution in [0.1, 0.15) is 79.6 Å². The molecular formula is C21H42N2O. The molecule has 0 aromatic carbocycles. The van der Waals surface area contributed by atoms with E-state index in [0.29, 0.717) is 18.2 Å². The lowest BCUT2D eigenvalue weighted by molar-refractivity contribution is -0.0204. The van der Waals surface area contributed by atoms with Gasteiger partial charge >= 0.3 is 0 Å². The van der Waals surface area contributed by atoms with Crippen LogP contribution in [0.2, 0.25) is 0 Å². The summed E-state index contributed by atoms with van der Waals surface area (Å²) in [6.45, 7) is 16.4. The molecule has 24 heavy (non-hydrogen) atoms. The third kappa shape index (κ3) is 6.65. The first-order valence-corrected chi connectivity index (χ1v) is 10.6. The summed E-state index contributed by atoms with van der Waals surface area (Å²) in [7, 11) is 0. The largest absolute Gasteiger partial charge is 0.376 e. The van der Waals surface area contributed by atoms with E-state index in [-0.39, 0.29) is 0 Å². The van der Waals surface area contributed by atoms with Crippen molar-refractivity contribution >= 4 is 0 Å². The van der Waals surface area contributed by atoms with E-state index >= 15 is 0 Å². The number of nitrogens with zero attached hydrogens (tertiary/aromatic N) is 2. The van der Waals surface area contributed by atoms with Crippen LogP contribution >= 0.6 is 0 Å². The van der Waals surface area contributed by atoms with Gasteiger partial charge in [-0.1, -0.05) is 12.8 Å². The molecule has 1 aliphatic carbocycles. The molecule has 0 unspecified atom stereocenters. The second kappa shape index (κ2) is 10.1. The molecule has 1 atom stereocenters. The molecule has 2 aliphatic rings. The van der Waals surface area contributed by atoms with E-state index in [1.165, 1.54) is 71.1 Å². The molecule has 1 saturated carbocycles. The van der Waals surface area contributed by atoms with Crippen molar-refractivity contribution in [2.75, 3.05) is 26.2 Å². The van der Waals surface area contributed by atoms with Gasteiger partial charge in [0, 0.05) is 31.7 Å². The minimum absolute atomic E-state index is 0.393. The lowest BCUT2D eigenvalue weighted by atomic mass is 9.84. The van der Waals surface area contributed by atoms with Crippen LogP contribution in [-0.2, 0) is 4.74 Å². The number of unbranched alkanes of at least 4 members (excludes halogenated alkanes) is 1. The Labute approximate surface area is 151 Å². The van der Waals surface area contributed by atoms with E-state index in [1.54, 1.807) is 0 Å². The van der Waals surface area contributed by atoms with Crippen LogP contribution in [0.15, 0.2) is 0 Å². The maximum atomic E-state index is 5.97. The molecule has 1 aliphatic heterocycles. The van der Waals surface area contributed by atoms with Gasteiger partial charge in [-0.2, -0.15) is 0 Å². The van der Waals surface area contributed by atoms with Gasteiger partial charge in [0.2, 0.25) is 0 Å². The van der Waals surface area contributed by atoms with Gasteiger partial charge in [-0.25, -0.2) is 0 Å². The quantitative estimate of drug-likeness (QED) is 0.604. The maximum absolute atomic E-state index is 5.97. The van der Waals surface area contributed by atoms with E-state index in [2.05, 4.69) is 44.4 Å². The number of ether oxygens (including phenoxy) is 1. The van der Waals surface area contributed by atoms with E-state index < -0.39 is 0 Å². The van der Waals surface area contributed by atoms with Crippen molar-refractivity contribution in [3.63, 3.8) is 0 Å². The molecule has 1 heterocycles. The molecule has 2 fully saturated rings. The van der Waals surface area contributed by atoms with Gasteiger partial charge in [-0.15, -0.1) is 0 Å². The van der Waals surface area contributed by atoms with Crippen LogP contribution in [0.4, 0.5) is 0 Å².